The van der Waals surface area contributed by atoms with Crippen LogP contribution < -0.4 is 5.69 Å². The van der Waals surface area contributed by atoms with Crippen molar-refractivity contribution in [2.45, 2.75) is 31.6 Å². The first kappa shape index (κ1) is 25.1. The third-order valence-corrected chi connectivity index (χ3v) is 6.53. The van der Waals surface area contributed by atoms with E-state index in [0.29, 0.717) is 6.54 Å². The molecule has 184 valence electrons. The predicted octanol–water partition coefficient (Wildman–Crippen LogP) is 5.30. The van der Waals surface area contributed by atoms with E-state index in [0.717, 1.165) is 54.6 Å². The van der Waals surface area contributed by atoms with Crippen LogP contribution in [0.25, 0.3) is 11.0 Å². The molecule has 0 radical (unpaired) electrons. The first-order valence-corrected chi connectivity index (χ1v) is 11.6. The van der Waals surface area contributed by atoms with Gasteiger partial charge in [-0.3, -0.25) is 4.57 Å². The van der Waals surface area contributed by atoms with Crippen LogP contribution in [0.2, 0.25) is 0 Å². The van der Waals surface area contributed by atoms with Gasteiger partial charge in [0.25, 0.3) is 0 Å². The average Bonchev–Trinajstić information content (AvgIpc) is 3.18. The summed E-state index contributed by atoms with van der Waals surface area (Å²) in [5, 5.41) is 0. The van der Waals surface area contributed by atoms with Crippen molar-refractivity contribution in [3.8, 4) is 0 Å². The Morgan fingerprint density at radius 1 is 0.857 bits per heavy atom. The maximum Gasteiger partial charge on any atom is 0.326 e. The first-order chi connectivity index (χ1) is 16.6. The molecule has 0 atom stereocenters. The van der Waals surface area contributed by atoms with Gasteiger partial charge < -0.3 is 14.6 Å². The third-order valence-electron chi connectivity index (χ3n) is 6.53. The van der Waals surface area contributed by atoms with E-state index in [4.69, 9.17) is 4.74 Å². The molecule has 5 nitrogen and oxygen atoms in total. The Bertz CT molecular complexity index is 1250. The molecule has 4 aromatic rings. The van der Waals surface area contributed by atoms with Crippen LogP contribution in [0.4, 0.5) is 8.78 Å². The number of rotatable bonds is 7. The number of para-hydroxylation sites is 2. The van der Waals surface area contributed by atoms with Gasteiger partial charge in [0, 0.05) is 26.2 Å². The smallest absolute Gasteiger partial charge is 0.326 e. The van der Waals surface area contributed by atoms with Crippen molar-refractivity contribution in [3.05, 3.63) is 106 Å². The average molecular weight is 500 g/mol. The zero-order valence-corrected chi connectivity index (χ0v) is 20.0. The lowest BCUT2D eigenvalue weighted by Crippen LogP contribution is -2.39. The minimum atomic E-state index is -0.387. The highest BCUT2D eigenvalue weighted by Gasteiger charge is 2.25. The SMILES string of the molecule is Cl.O=c1[nH]c2ccccc2n1CCN1CCC(OC(c2ccc(F)cc2)c2ccc(F)cc2)CC1. The highest BCUT2D eigenvalue weighted by Crippen LogP contribution is 2.30. The van der Waals surface area contributed by atoms with Gasteiger partial charge in [0.05, 0.1) is 17.1 Å². The fourth-order valence-electron chi connectivity index (χ4n) is 4.66. The number of aromatic nitrogens is 2. The quantitative estimate of drug-likeness (QED) is 0.375. The van der Waals surface area contributed by atoms with E-state index < -0.39 is 0 Å². The second-order valence-electron chi connectivity index (χ2n) is 8.76. The van der Waals surface area contributed by atoms with Crippen molar-refractivity contribution in [2.75, 3.05) is 19.6 Å². The maximum absolute atomic E-state index is 13.5. The lowest BCUT2D eigenvalue weighted by Gasteiger charge is -2.34. The second kappa shape index (κ2) is 11.2. The molecular weight excluding hydrogens is 472 g/mol. The van der Waals surface area contributed by atoms with Crippen LogP contribution in [0.1, 0.15) is 30.1 Å². The Kier molecular flexibility index (Phi) is 8.00. The van der Waals surface area contributed by atoms with Crippen LogP contribution >= 0.6 is 12.4 Å². The van der Waals surface area contributed by atoms with Crippen LogP contribution in [0, 0.1) is 11.6 Å². The molecule has 0 unspecified atom stereocenters. The summed E-state index contributed by atoms with van der Waals surface area (Å²) in [6, 6.07) is 20.3. The van der Waals surface area contributed by atoms with Gasteiger partial charge in [-0.15, -0.1) is 12.4 Å². The molecule has 0 bridgehead atoms. The molecule has 3 aromatic carbocycles. The van der Waals surface area contributed by atoms with Gasteiger partial charge in [0.15, 0.2) is 0 Å². The van der Waals surface area contributed by atoms with Crippen molar-refractivity contribution in [2.24, 2.45) is 0 Å². The standard InChI is InChI=1S/C27H27F2N3O2.ClH/c28-21-9-5-19(6-10-21)26(20-7-11-22(29)12-8-20)34-23-13-15-31(16-14-23)17-18-32-25-4-2-1-3-24(25)30-27(32)33;/h1-12,23,26H,13-18H2,(H,30,33);1H. The van der Waals surface area contributed by atoms with Crippen LogP contribution in [0.15, 0.2) is 77.6 Å². The monoisotopic (exact) mass is 499 g/mol. The highest BCUT2D eigenvalue weighted by molar-refractivity contribution is 5.85. The number of fused-ring (bicyclic) bond motifs is 1. The molecule has 0 spiro atoms. The summed E-state index contributed by atoms with van der Waals surface area (Å²) in [7, 11) is 0. The largest absolute Gasteiger partial charge is 0.365 e. The van der Waals surface area contributed by atoms with Crippen molar-refractivity contribution in [3.63, 3.8) is 0 Å². The number of likely N-dealkylation sites (tertiary alicyclic amines) is 1. The number of hydrogen-bond donors (Lipinski definition) is 1. The maximum atomic E-state index is 13.5. The van der Waals surface area contributed by atoms with Crippen LogP contribution in [0.3, 0.4) is 0 Å². The third kappa shape index (κ3) is 5.81. The molecule has 1 aromatic heterocycles. The van der Waals surface area contributed by atoms with Crippen LogP contribution in [-0.4, -0.2) is 40.2 Å². The van der Waals surface area contributed by atoms with E-state index in [9.17, 15) is 13.6 Å². The van der Waals surface area contributed by atoms with E-state index in [-0.39, 0.29) is 41.9 Å². The zero-order valence-electron chi connectivity index (χ0n) is 19.2. The fraction of sp³-hybridized carbons (Fsp3) is 0.296. The van der Waals surface area contributed by atoms with Crippen LogP contribution in [-0.2, 0) is 11.3 Å². The van der Waals surface area contributed by atoms with E-state index in [1.807, 2.05) is 24.3 Å². The van der Waals surface area contributed by atoms with Gasteiger partial charge in [-0.05, 0) is 60.4 Å². The molecule has 1 aliphatic rings. The molecule has 5 rings (SSSR count). The Balaban J connectivity index is 0.00000289. The summed E-state index contributed by atoms with van der Waals surface area (Å²) in [6.07, 6.45) is 1.35. The fourth-order valence-corrected chi connectivity index (χ4v) is 4.66. The van der Waals surface area contributed by atoms with E-state index in [2.05, 4.69) is 9.88 Å². The number of piperidine rings is 1. The number of nitrogens with zero attached hydrogens (tertiary/aromatic N) is 2. The molecule has 2 heterocycles. The second-order valence-corrected chi connectivity index (χ2v) is 8.76. The molecule has 35 heavy (non-hydrogen) atoms. The predicted molar refractivity (Wildman–Crippen MR) is 135 cm³/mol. The van der Waals surface area contributed by atoms with Crippen molar-refractivity contribution in [1.29, 1.82) is 0 Å². The summed E-state index contributed by atoms with van der Waals surface area (Å²) < 4.78 is 35.2. The van der Waals surface area contributed by atoms with Gasteiger partial charge in [-0.25, -0.2) is 13.6 Å². The summed E-state index contributed by atoms with van der Waals surface area (Å²) in [4.78, 5) is 17.6. The molecule has 0 saturated carbocycles. The number of halogens is 3. The van der Waals surface area contributed by atoms with E-state index in [1.165, 1.54) is 24.3 Å². The Labute approximate surface area is 208 Å². The Morgan fingerprint density at radius 3 is 2.03 bits per heavy atom. The van der Waals surface area contributed by atoms with Gasteiger partial charge in [0.1, 0.15) is 17.7 Å². The van der Waals surface area contributed by atoms with E-state index >= 15 is 0 Å². The molecule has 0 aliphatic carbocycles. The van der Waals surface area contributed by atoms with E-state index in [1.54, 1.807) is 28.8 Å². The number of ether oxygens (including phenoxy) is 1. The number of H-pyrrole nitrogens is 1. The zero-order chi connectivity index (χ0) is 23.5. The molecule has 1 fully saturated rings. The Morgan fingerprint density at radius 2 is 1.43 bits per heavy atom. The van der Waals surface area contributed by atoms with Crippen molar-refractivity contribution in [1.82, 2.24) is 14.5 Å². The highest BCUT2D eigenvalue weighted by atomic mass is 35.5. The minimum absolute atomic E-state index is 0. The van der Waals surface area contributed by atoms with Crippen LogP contribution in [0.5, 0.6) is 0 Å². The summed E-state index contributed by atoms with van der Waals surface area (Å²) >= 11 is 0. The Hall–Kier alpha value is -3.00. The van der Waals surface area contributed by atoms with Gasteiger partial charge in [-0.1, -0.05) is 36.4 Å². The number of benzene rings is 3. The molecule has 1 aliphatic heterocycles. The summed E-state index contributed by atoms with van der Waals surface area (Å²) in [5.41, 5.74) is 3.38. The summed E-state index contributed by atoms with van der Waals surface area (Å²) in [6.45, 7) is 3.14. The van der Waals surface area contributed by atoms with Gasteiger partial charge >= 0.3 is 5.69 Å². The number of imidazole rings is 1. The van der Waals surface area contributed by atoms with Gasteiger partial charge in [0.2, 0.25) is 0 Å². The molecule has 0 amide bonds. The van der Waals surface area contributed by atoms with Crippen molar-refractivity contribution < 1.29 is 13.5 Å². The molecular formula is C27H28ClF2N3O2. The normalized spacial score (nSPS) is 14.9. The number of aromatic amines is 1. The molecule has 8 heteroatoms. The summed E-state index contributed by atoms with van der Waals surface area (Å²) in [5.74, 6) is -0.603. The first-order valence-electron chi connectivity index (χ1n) is 11.6. The minimum Gasteiger partial charge on any atom is -0.365 e. The molecule has 1 N–H and O–H groups in total. The topological polar surface area (TPSA) is 50.3 Å². The van der Waals surface area contributed by atoms with Crippen molar-refractivity contribution >= 4 is 23.4 Å². The lowest BCUT2D eigenvalue weighted by molar-refractivity contribution is -0.0273. The number of hydrogen-bond acceptors (Lipinski definition) is 3. The molecule has 1 saturated heterocycles. The number of nitrogens with one attached hydrogen (secondary N) is 1. The lowest BCUT2D eigenvalue weighted by atomic mass is 10.00. The van der Waals surface area contributed by atoms with Gasteiger partial charge in [-0.2, -0.15) is 0 Å².